The van der Waals surface area contributed by atoms with E-state index in [2.05, 4.69) is 40.4 Å². The minimum atomic E-state index is 0.671. The fourth-order valence-electron chi connectivity index (χ4n) is 2.86. The highest BCUT2D eigenvalue weighted by Crippen LogP contribution is 2.20. The van der Waals surface area contributed by atoms with Gasteiger partial charge in [0, 0.05) is 24.7 Å². The second-order valence-electron chi connectivity index (χ2n) is 6.39. The van der Waals surface area contributed by atoms with Gasteiger partial charge >= 0.3 is 0 Å². The topological polar surface area (TPSA) is 44.5 Å². The second-order valence-corrected chi connectivity index (χ2v) is 6.39. The molecule has 5 nitrogen and oxygen atoms in total. The molecule has 3 rings (SSSR count). The number of piperidine rings is 1. The Morgan fingerprint density at radius 1 is 1.35 bits per heavy atom. The fourth-order valence-corrected chi connectivity index (χ4v) is 2.86. The van der Waals surface area contributed by atoms with Crippen molar-refractivity contribution in [1.82, 2.24) is 20.3 Å². The van der Waals surface area contributed by atoms with E-state index in [4.69, 9.17) is 4.52 Å². The first-order valence-electron chi connectivity index (χ1n) is 7.77. The molecule has 1 aliphatic carbocycles. The van der Waals surface area contributed by atoms with Crippen LogP contribution in [0.15, 0.2) is 10.6 Å². The smallest absolute Gasteiger partial charge is 0.151 e. The standard InChI is InChI=1S/C15H26N4O/c1-18-7-5-14(6-8-18)19(2)11-15-9-13(17-20-15)10-16-12-3-4-12/h9,12,14,16H,3-8,10-11H2,1-2H3. The third-order valence-corrected chi connectivity index (χ3v) is 4.47. The van der Waals surface area contributed by atoms with E-state index in [1.165, 1.54) is 38.8 Å². The summed E-state index contributed by atoms with van der Waals surface area (Å²) < 4.78 is 5.46. The summed E-state index contributed by atoms with van der Waals surface area (Å²) in [6, 6.07) is 3.49. The van der Waals surface area contributed by atoms with Gasteiger partial charge in [0.2, 0.25) is 0 Å². The number of nitrogens with one attached hydrogen (secondary N) is 1. The summed E-state index contributed by atoms with van der Waals surface area (Å²) in [5.74, 6) is 0.985. The van der Waals surface area contributed by atoms with Crippen molar-refractivity contribution in [2.45, 2.75) is 50.9 Å². The van der Waals surface area contributed by atoms with Crippen LogP contribution in [-0.4, -0.2) is 54.2 Å². The summed E-state index contributed by atoms with van der Waals surface area (Å²) in [5, 5.41) is 7.62. The number of hydrogen-bond acceptors (Lipinski definition) is 5. The van der Waals surface area contributed by atoms with Gasteiger partial charge in [-0.3, -0.25) is 4.90 Å². The Hall–Kier alpha value is -0.910. The average Bonchev–Trinajstić information content (AvgIpc) is 3.17. The normalized spacial score (nSPS) is 21.8. The van der Waals surface area contributed by atoms with Crippen molar-refractivity contribution in [3.8, 4) is 0 Å². The molecule has 0 atom stereocenters. The van der Waals surface area contributed by atoms with Crippen LogP contribution in [0.4, 0.5) is 0 Å². The lowest BCUT2D eigenvalue weighted by molar-refractivity contribution is 0.130. The first kappa shape index (κ1) is 14.0. The zero-order valence-electron chi connectivity index (χ0n) is 12.6. The van der Waals surface area contributed by atoms with Crippen molar-refractivity contribution in [1.29, 1.82) is 0 Å². The molecule has 1 saturated heterocycles. The van der Waals surface area contributed by atoms with Crippen molar-refractivity contribution in [3.05, 3.63) is 17.5 Å². The Kier molecular flexibility index (Phi) is 4.38. The highest BCUT2D eigenvalue weighted by molar-refractivity contribution is 5.06. The van der Waals surface area contributed by atoms with Gasteiger partial charge in [-0.1, -0.05) is 5.16 Å². The SMILES string of the molecule is CN1CCC(N(C)Cc2cc(CNC3CC3)no2)CC1. The third kappa shape index (κ3) is 3.81. The van der Waals surface area contributed by atoms with Crippen LogP contribution in [0.25, 0.3) is 0 Å². The predicted octanol–water partition coefficient (Wildman–Crippen LogP) is 1.45. The molecule has 1 saturated carbocycles. The monoisotopic (exact) mass is 278 g/mol. The molecule has 2 heterocycles. The summed E-state index contributed by atoms with van der Waals surface area (Å²) in [7, 11) is 4.40. The molecule has 0 aromatic carbocycles. The van der Waals surface area contributed by atoms with Crippen molar-refractivity contribution < 1.29 is 4.52 Å². The number of nitrogens with zero attached hydrogens (tertiary/aromatic N) is 3. The molecule has 0 radical (unpaired) electrons. The Morgan fingerprint density at radius 2 is 2.10 bits per heavy atom. The molecule has 1 aromatic heterocycles. The van der Waals surface area contributed by atoms with E-state index in [0.29, 0.717) is 6.04 Å². The summed E-state index contributed by atoms with van der Waals surface area (Å²) in [6.07, 6.45) is 5.11. The molecular formula is C15H26N4O. The first-order valence-corrected chi connectivity index (χ1v) is 7.77. The number of aromatic nitrogens is 1. The van der Waals surface area contributed by atoms with Crippen LogP contribution in [-0.2, 0) is 13.1 Å². The van der Waals surface area contributed by atoms with Gasteiger partial charge in [0.05, 0.1) is 12.2 Å². The Labute approximate surface area is 121 Å². The van der Waals surface area contributed by atoms with Gasteiger partial charge in [0.1, 0.15) is 0 Å². The molecule has 112 valence electrons. The molecule has 1 aliphatic heterocycles. The van der Waals surface area contributed by atoms with Gasteiger partial charge in [-0.15, -0.1) is 0 Å². The molecule has 5 heteroatoms. The van der Waals surface area contributed by atoms with Crippen molar-refractivity contribution in [2.24, 2.45) is 0 Å². The van der Waals surface area contributed by atoms with Gasteiger partial charge in [-0.2, -0.15) is 0 Å². The lowest BCUT2D eigenvalue weighted by Crippen LogP contribution is -2.41. The first-order chi connectivity index (χ1) is 9.70. The number of rotatable bonds is 6. The van der Waals surface area contributed by atoms with Crippen LogP contribution in [0.3, 0.4) is 0 Å². The van der Waals surface area contributed by atoms with Crippen LogP contribution in [0.5, 0.6) is 0 Å². The van der Waals surface area contributed by atoms with Crippen LogP contribution in [0.1, 0.15) is 37.1 Å². The summed E-state index contributed by atoms with van der Waals surface area (Å²) in [6.45, 7) is 4.10. The van der Waals surface area contributed by atoms with Crippen molar-refractivity contribution in [2.75, 3.05) is 27.2 Å². The molecule has 0 unspecified atom stereocenters. The maximum Gasteiger partial charge on any atom is 0.151 e. The molecule has 20 heavy (non-hydrogen) atoms. The number of likely N-dealkylation sites (tertiary alicyclic amines) is 1. The van der Waals surface area contributed by atoms with E-state index in [1.54, 1.807) is 0 Å². The second kappa shape index (κ2) is 6.24. The molecule has 0 spiro atoms. The van der Waals surface area contributed by atoms with E-state index >= 15 is 0 Å². The highest BCUT2D eigenvalue weighted by atomic mass is 16.5. The fraction of sp³-hybridized carbons (Fsp3) is 0.800. The van der Waals surface area contributed by atoms with Gasteiger partial charge < -0.3 is 14.7 Å². The highest BCUT2D eigenvalue weighted by Gasteiger charge is 2.22. The molecule has 1 N–H and O–H groups in total. The zero-order valence-corrected chi connectivity index (χ0v) is 12.6. The quantitative estimate of drug-likeness (QED) is 0.853. The lowest BCUT2D eigenvalue weighted by Gasteiger charge is -2.34. The van der Waals surface area contributed by atoms with Crippen molar-refractivity contribution in [3.63, 3.8) is 0 Å². The molecule has 2 aliphatic rings. The van der Waals surface area contributed by atoms with E-state index in [-0.39, 0.29) is 0 Å². The lowest BCUT2D eigenvalue weighted by atomic mass is 10.0. The minimum Gasteiger partial charge on any atom is -0.360 e. The minimum absolute atomic E-state index is 0.671. The Morgan fingerprint density at radius 3 is 2.80 bits per heavy atom. The molecule has 1 aromatic rings. The number of hydrogen-bond donors (Lipinski definition) is 1. The zero-order chi connectivity index (χ0) is 13.9. The Bertz CT molecular complexity index is 421. The maximum absolute atomic E-state index is 5.46. The van der Waals surface area contributed by atoms with E-state index in [0.717, 1.165) is 30.6 Å². The van der Waals surface area contributed by atoms with E-state index < -0.39 is 0 Å². The summed E-state index contributed by atoms with van der Waals surface area (Å²) in [5.41, 5.74) is 1.03. The van der Waals surface area contributed by atoms with E-state index in [1.807, 2.05) is 0 Å². The molecule has 0 bridgehead atoms. The molecule has 2 fully saturated rings. The average molecular weight is 278 g/mol. The van der Waals surface area contributed by atoms with Gasteiger partial charge in [0.25, 0.3) is 0 Å². The molecule has 0 amide bonds. The summed E-state index contributed by atoms with van der Waals surface area (Å²) >= 11 is 0. The van der Waals surface area contributed by atoms with Gasteiger partial charge in [0.15, 0.2) is 5.76 Å². The largest absolute Gasteiger partial charge is 0.360 e. The Balaban J connectivity index is 1.46. The third-order valence-electron chi connectivity index (χ3n) is 4.47. The van der Waals surface area contributed by atoms with Crippen LogP contribution in [0.2, 0.25) is 0 Å². The predicted molar refractivity (Wildman–Crippen MR) is 78.4 cm³/mol. The molecular weight excluding hydrogens is 252 g/mol. The van der Waals surface area contributed by atoms with Crippen LogP contribution in [0, 0.1) is 0 Å². The van der Waals surface area contributed by atoms with Gasteiger partial charge in [-0.25, -0.2) is 0 Å². The van der Waals surface area contributed by atoms with Gasteiger partial charge in [-0.05, 0) is 52.9 Å². The van der Waals surface area contributed by atoms with Crippen LogP contribution >= 0.6 is 0 Å². The van der Waals surface area contributed by atoms with Crippen molar-refractivity contribution >= 4 is 0 Å². The van der Waals surface area contributed by atoms with Crippen LogP contribution < -0.4 is 5.32 Å². The van der Waals surface area contributed by atoms with E-state index in [9.17, 15) is 0 Å². The summed E-state index contributed by atoms with van der Waals surface area (Å²) in [4.78, 5) is 4.81. The maximum atomic E-state index is 5.46.